The summed E-state index contributed by atoms with van der Waals surface area (Å²) in [4.78, 5) is 20.2. The maximum Gasteiger partial charge on any atom is 0.271 e. The van der Waals surface area contributed by atoms with Crippen LogP contribution >= 0.6 is 0 Å². The molecule has 6 nitrogen and oxygen atoms in total. The Hall–Kier alpha value is -1.99. The van der Waals surface area contributed by atoms with Crippen molar-refractivity contribution >= 4 is 11.6 Å². The van der Waals surface area contributed by atoms with E-state index in [1.807, 2.05) is 6.07 Å². The van der Waals surface area contributed by atoms with Crippen LogP contribution in [0.3, 0.4) is 0 Å². The number of hydrogen-bond acceptors (Lipinski definition) is 5. The van der Waals surface area contributed by atoms with Crippen LogP contribution in [0, 0.1) is 5.82 Å². The topological polar surface area (TPSA) is 63.2 Å². The third kappa shape index (κ3) is 3.39. The minimum absolute atomic E-state index is 0.104. The van der Waals surface area contributed by atoms with Crippen LogP contribution in [0.1, 0.15) is 30.9 Å². The van der Waals surface area contributed by atoms with Gasteiger partial charge in [-0.2, -0.15) is 0 Å². The van der Waals surface area contributed by atoms with Crippen molar-refractivity contribution in [2.75, 3.05) is 32.8 Å². The maximum atomic E-state index is 13.4. The molecule has 134 valence electrons. The van der Waals surface area contributed by atoms with Gasteiger partial charge in [-0.3, -0.25) is 4.79 Å². The Morgan fingerprint density at radius 3 is 3.16 bits per heavy atom. The van der Waals surface area contributed by atoms with Crippen LogP contribution in [0.2, 0.25) is 0 Å². The highest BCUT2D eigenvalue weighted by molar-refractivity contribution is 6.39. The Kier molecular flexibility index (Phi) is 4.43. The molecule has 0 saturated carbocycles. The van der Waals surface area contributed by atoms with E-state index in [9.17, 15) is 9.18 Å². The van der Waals surface area contributed by atoms with Gasteiger partial charge in [-0.1, -0.05) is 17.3 Å². The lowest BCUT2D eigenvalue weighted by Crippen LogP contribution is -2.48. The number of ether oxygens (including phenoxy) is 1. The highest BCUT2D eigenvalue weighted by atomic mass is 19.1. The van der Waals surface area contributed by atoms with Crippen molar-refractivity contribution in [3.63, 3.8) is 0 Å². The van der Waals surface area contributed by atoms with Gasteiger partial charge in [0.25, 0.3) is 5.91 Å². The molecule has 0 radical (unpaired) electrons. The van der Waals surface area contributed by atoms with E-state index in [-0.39, 0.29) is 23.4 Å². The summed E-state index contributed by atoms with van der Waals surface area (Å²) in [7, 11) is 0. The van der Waals surface area contributed by atoms with E-state index in [1.165, 1.54) is 12.1 Å². The Balaban J connectivity index is 1.42. The van der Waals surface area contributed by atoms with Crippen molar-refractivity contribution in [1.82, 2.24) is 10.2 Å². The predicted molar refractivity (Wildman–Crippen MR) is 89.6 cm³/mol. The van der Waals surface area contributed by atoms with Crippen LogP contribution < -0.4 is 5.32 Å². The van der Waals surface area contributed by atoms with Gasteiger partial charge in [-0.15, -0.1) is 0 Å². The predicted octanol–water partition coefficient (Wildman–Crippen LogP) is 1.62. The quantitative estimate of drug-likeness (QED) is 0.883. The molecule has 0 bridgehead atoms. The molecule has 3 aliphatic rings. The Bertz CT molecular complexity index is 688. The molecule has 3 aliphatic heterocycles. The van der Waals surface area contributed by atoms with Crippen molar-refractivity contribution in [3.8, 4) is 0 Å². The van der Waals surface area contributed by atoms with E-state index in [0.717, 1.165) is 31.5 Å². The largest absolute Gasteiger partial charge is 0.387 e. The molecule has 25 heavy (non-hydrogen) atoms. The van der Waals surface area contributed by atoms with Crippen LogP contribution in [0.15, 0.2) is 29.4 Å². The number of amides is 1. The number of benzene rings is 1. The van der Waals surface area contributed by atoms with Gasteiger partial charge < -0.3 is 19.8 Å². The van der Waals surface area contributed by atoms with E-state index in [4.69, 9.17) is 9.57 Å². The lowest BCUT2D eigenvalue weighted by Gasteiger charge is -2.33. The fourth-order valence-corrected chi connectivity index (χ4v) is 3.73. The minimum atomic E-state index is -0.364. The summed E-state index contributed by atoms with van der Waals surface area (Å²) in [5.74, 6) is -0.406. The maximum absolute atomic E-state index is 13.4. The van der Waals surface area contributed by atoms with Gasteiger partial charge in [-0.05, 0) is 37.1 Å². The zero-order chi connectivity index (χ0) is 17.3. The highest BCUT2D eigenvalue weighted by Gasteiger charge is 2.43. The zero-order valence-electron chi connectivity index (χ0n) is 14.0. The Morgan fingerprint density at radius 2 is 2.36 bits per heavy atom. The molecule has 2 atom stereocenters. The van der Waals surface area contributed by atoms with Crippen molar-refractivity contribution in [3.05, 3.63) is 35.6 Å². The van der Waals surface area contributed by atoms with Crippen LogP contribution in [0.5, 0.6) is 0 Å². The lowest BCUT2D eigenvalue weighted by atomic mass is 9.89. The molecule has 7 heteroatoms. The first-order valence-electron chi connectivity index (χ1n) is 8.77. The second-order valence-corrected chi connectivity index (χ2v) is 6.93. The number of hydrogen-bond donors (Lipinski definition) is 1. The first-order valence-corrected chi connectivity index (χ1v) is 8.77. The first kappa shape index (κ1) is 16.5. The number of oxime groups is 1. The molecule has 0 aliphatic carbocycles. The monoisotopic (exact) mass is 347 g/mol. The van der Waals surface area contributed by atoms with Crippen molar-refractivity contribution in [1.29, 1.82) is 0 Å². The molecule has 2 unspecified atom stereocenters. The summed E-state index contributed by atoms with van der Waals surface area (Å²) in [6, 6.07) is 6.33. The molecule has 0 aromatic heterocycles. The van der Waals surface area contributed by atoms with Gasteiger partial charge in [0, 0.05) is 19.5 Å². The smallest absolute Gasteiger partial charge is 0.271 e. The molecule has 1 amide bonds. The Morgan fingerprint density at radius 1 is 1.44 bits per heavy atom. The average molecular weight is 347 g/mol. The summed E-state index contributed by atoms with van der Waals surface area (Å²) in [6.45, 7) is 3.03. The summed E-state index contributed by atoms with van der Waals surface area (Å²) in [5, 5.41) is 7.40. The normalized spacial score (nSPS) is 29.4. The fraction of sp³-hybridized carbons (Fsp3) is 0.556. The van der Waals surface area contributed by atoms with Gasteiger partial charge >= 0.3 is 0 Å². The van der Waals surface area contributed by atoms with Gasteiger partial charge in [0.1, 0.15) is 17.6 Å². The molecule has 1 spiro atoms. The Labute approximate surface area is 146 Å². The van der Waals surface area contributed by atoms with Gasteiger partial charge in [0.15, 0.2) is 5.60 Å². The molecular formula is C18H22FN3O3. The molecule has 3 heterocycles. The number of rotatable bonds is 2. The number of nitrogens with one attached hydrogen (secondary N) is 1. The summed E-state index contributed by atoms with van der Waals surface area (Å²) in [6.07, 6.45) is 2.16. The van der Waals surface area contributed by atoms with Gasteiger partial charge in [0.05, 0.1) is 13.2 Å². The molecule has 2 fully saturated rings. The number of morpholine rings is 1. The SMILES string of the molecule is O=C(C1=NOC2(CCCNC2)C1)N1CCOC(c2cccc(F)c2)C1. The van der Waals surface area contributed by atoms with Crippen LogP contribution in [0.25, 0.3) is 0 Å². The highest BCUT2D eigenvalue weighted by Crippen LogP contribution is 2.31. The van der Waals surface area contributed by atoms with E-state index in [2.05, 4.69) is 10.5 Å². The van der Waals surface area contributed by atoms with E-state index in [0.29, 0.717) is 31.8 Å². The fourth-order valence-electron chi connectivity index (χ4n) is 3.73. The van der Waals surface area contributed by atoms with Gasteiger partial charge in [0.2, 0.25) is 0 Å². The minimum Gasteiger partial charge on any atom is -0.387 e. The number of piperidine rings is 1. The van der Waals surface area contributed by atoms with Crippen LogP contribution in [-0.2, 0) is 14.4 Å². The number of carbonyl (C=O) groups excluding carboxylic acids is 1. The molecule has 2 saturated heterocycles. The third-order valence-electron chi connectivity index (χ3n) is 5.09. The van der Waals surface area contributed by atoms with Crippen LogP contribution in [0.4, 0.5) is 4.39 Å². The van der Waals surface area contributed by atoms with Crippen LogP contribution in [-0.4, -0.2) is 54.9 Å². The molecule has 1 aromatic carbocycles. The summed E-state index contributed by atoms with van der Waals surface area (Å²) >= 11 is 0. The van der Waals surface area contributed by atoms with Crippen molar-refractivity contribution in [2.45, 2.75) is 31.0 Å². The van der Waals surface area contributed by atoms with E-state index in [1.54, 1.807) is 11.0 Å². The van der Waals surface area contributed by atoms with E-state index >= 15 is 0 Å². The van der Waals surface area contributed by atoms with Crippen molar-refractivity contribution in [2.24, 2.45) is 5.16 Å². The average Bonchev–Trinajstić information content (AvgIpc) is 3.05. The number of carbonyl (C=O) groups is 1. The first-order chi connectivity index (χ1) is 12.2. The standard InChI is InChI=1S/C18H22FN3O3/c19-14-4-1-3-13(9-14)16-11-22(7-8-24-16)17(23)15-10-18(25-21-15)5-2-6-20-12-18/h1,3-4,9,16,20H,2,5-8,10-12H2. The summed E-state index contributed by atoms with van der Waals surface area (Å²) < 4.78 is 19.2. The zero-order valence-corrected chi connectivity index (χ0v) is 14.0. The molecular weight excluding hydrogens is 325 g/mol. The number of nitrogens with zero attached hydrogens (tertiary/aromatic N) is 2. The molecule has 1 N–H and O–H groups in total. The lowest BCUT2D eigenvalue weighted by molar-refractivity contribution is -0.131. The second-order valence-electron chi connectivity index (χ2n) is 6.93. The third-order valence-corrected chi connectivity index (χ3v) is 5.09. The van der Waals surface area contributed by atoms with E-state index < -0.39 is 0 Å². The summed E-state index contributed by atoms with van der Waals surface area (Å²) in [5.41, 5.74) is 0.857. The van der Waals surface area contributed by atoms with Crippen molar-refractivity contribution < 1.29 is 18.8 Å². The number of halogens is 1. The molecule has 4 rings (SSSR count). The molecule has 1 aromatic rings. The second kappa shape index (κ2) is 6.72. The van der Waals surface area contributed by atoms with Gasteiger partial charge in [-0.25, -0.2) is 4.39 Å².